The molecular weight excluding hydrogens is 236 g/mol. The van der Waals surface area contributed by atoms with E-state index in [1.54, 1.807) is 0 Å². The molecule has 0 aromatic heterocycles. The molecule has 0 radical (unpaired) electrons. The van der Waals surface area contributed by atoms with Crippen LogP contribution in [-0.4, -0.2) is 42.8 Å². The summed E-state index contributed by atoms with van der Waals surface area (Å²) in [6.45, 7) is 5.45. The molecule has 0 aromatic rings. The maximum atomic E-state index is 6.67. The van der Waals surface area contributed by atoms with Crippen molar-refractivity contribution in [2.45, 2.75) is 75.9 Å². The lowest BCUT2D eigenvalue weighted by molar-refractivity contribution is -0.0661. The molecule has 4 unspecified atom stereocenters. The third-order valence-corrected chi connectivity index (χ3v) is 5.83. The number of likely N-dealkylation sites (tertiary alicyclic amines) is 1. The molecule has 1 aliphatic carbocycles. The second-order valence-electron chi connectivity index (χ2n) is 7.36. The Morgan fingerprint density at radius 2 is 1.89 bits per heavy atom. The maximum Gasteiger partial charge on any atom is 0.0643 e. The fourth-order valence-corrected chi connectivity index (χ4v) is 4.38. The van der Waals surface area contributed by atoms with Crippen molar-refractivity contribution in [1.29, 1.82) is 0 Å². The topological polar surface area (TPSA) is 38.5 Å². The summed E-state index contributed by atoms with van der Waals surface area (Å²) in [7, 11) is 4.10. The van der Waals surface area contributed by atoms with Crippen molar-refractivity contribution in [3.63, 3.8) is 0 Å². The van der Waals surface area contributed by atoms with Crippen molar-refractivity contribution in [3.05, 3.63) is 0 Å². The van der Waals surface area contributed by atoms with Crippen LogP contribution in [0.15, 0.2) is 0 Å². The molecule has 1 saturated carbocycles. The van der Waals surface area contributed by atoms with E-state index in [2.05, 4.69) is 25.8 Å². The molecule has 1 aliphatic heterocycles. The summed E-state index contributed by atoms with van der Waals surface area (Å²) >= 11 is 0. The largest absolute Gasteiger partial charge is 0.383 e. The van der Waals surface area contributed by atoms with Gasteiger partial charge >= 0.3 is 0 Å². The van der Waals surface area contributed by atoms with Gasteiger partial charge < -0.3 is 10.5 Å². The smallest absolute Gasteiger partial charge is 0.0643 e. The van der Waals surface area contributed by atoms with Crippen molar-refractivity contribution in [2.24, 2.45) is 11.7 Å². The van der Waals surface area contributed by atoms with Crippen LogP contribution in [0, 0.1) is 5.92 Å². The minimum Gasteiger partial charge on any atom is -0.383 e. The highest BCUT2D eigenvalue weighted by Crippen LogP contribution is 2.43. The van der Waals surface area contributed by atoms with Gasteiger partial charge in [0.25, 0.3) is 0 Å². The molecule has 0 amide bonds. The Kier molecular flexibility index (Phi) is 4.59. The number of ether oxygens (including phenoxy) is 1. The molecule has 19 heavy (non-hydrogen) atoms. The van der Waals surface area contributed by atoms with E-state index in [1.807, 2.05) is 7.11 Å². The van der Waals surface area contributed by atoms with Gasteiger partial charge in [-0.25, -0.2) is 0 Å². The highest BCUT2D eigenvalue weighted by atomic mass is 16.5. The fourth-order valence-electron chi connectivity index (χ4n) is 4.38. The summed E-state index contributed by atoms with van der Waals surface area (Å²) in [5.74, 6) is 0.641. The molecule has 0 aromatic carbocycles. The van der Waals surface area contributed by atoms with Crippen LogP contribution < -0.4 is 5.73 Å². The van der Waals surface area contributed by atoms with Gasteiger partial charge in [0.05, 0.1) is 6.61 Å². The Morgan fingerprint density at radius 1 is 1.16 bits per heavy atom. The lowest BCUT2D eigenvalue weighted by Gasteiger charge is -2.55. The van der Waals surface area contributed by atoms with E-state index in [9.17, 15) is 0 Å². The van der Waals surface area contributed by atoms with Gasteiger partial charge in [0, 0.05) is 24.2 Å². The minimum absolute atomic E-state index is 0.00769. The quantitative estimate of drug-likeness (QED) is 0.837. The number of piperidine rings is 1. The predicted octanol–water partition coefficient (Wildman–Crippen LogP) is 2.78. The van der Waals surface area contributed by atoms with E-state index in [0.717, 1.165) is 6.61 Å². The second-order valence-corrected chi connectivity index (χ2v) is 7.36. The molecule has 2 rings (SSSR count). The number of hydrogen-bond donors (Lipinski definition) is 1. The standard InChI is InChI=1S/C16H32N2O/c1-15(12-19-4)11-9-13-14(18(15)3)8-6-5-7-10-16(13,2)17/h13-14H,5-12,17H2,1-4H3. The number of nitrogens with zero attached hydrogens (tertiary/aromatic N) is 1. The van der Waals surface area contributed by atoms with Crippen LogP contribution in [0.5, 0.6) is 0 Å². The van der Waals surface area contributed by atoms with Crippen LogP contribution in [0.25, 0.3) is 0 Å². The summed E-state index contributed by atoms with van der Waals surface area (Å²) in [6, 6.07) is 0.629. The summed E-state index contributed by atoms with van der Waals surface area (Å²) in [5, 5.41) is 0. The van der Waals surface area contributed by atoms with Crippen molar-refractivity contribution in [1.82, 2.24) is 4.90 Å². The first kappa shape index (κ1) is 15.3. The molecule has 0 spiro atoms. The molecular formula is C16H32N2O. The van der Waals surface area contributed by atoms with E-state index < -0.39 is 0 Å². The molecule has 2 fully saturated rings. The average molecular weight is 268 g/mol. The number of likely N-dealkylation sites (N-methyl/N-ethyl adjacent to an activating group) is 1. The Labute approximate surface area is 118 Å². The number of fused-ring (bicyclic) bond motifs is 1. The Balaban J connectivity index is 2.20. The van der Waals surface area contributed by atoms with Gasteiger partial charge in [-0.15, -0.1) is 0 Å². The van der Waals surface area contributed by atoms with Crippen molar-refractivity contribution < 1.29 is 4.74 Å². The Hall–Kier alpha value is -0.120. The van der Waals surface area contributed by atoms with E-state index >= 15 is 0 Å². The van der Waals surface area contributed by atoms with Crippen molar-refractivity contribution in [3.8, 4) is 0 Å². The van der Waals surface area contributed by atoms with Crippen LogP contribution in [0.2, 0.25) is 0 Å². The highest BCUT2D eigenvalue weighted by Gasteiger charge is 2.47. The third-order valence-electron chi connectivity index (χ3n) is 5.83. The molecule has 2 aliphatic rings. The molecule has 3 nitrogen and oxygen atoms in total. The van der Waals surface area contributed by atoms with E-state index in [-0.39, 0.29) is 11.1 Å². The zero-order chi connectivity index (χ0) is 14.1. The first-order valence-electron chi connectivity index (χ1n) is 7.91. The molecule has 2 N–H and O–H groups in total. The highest BCUT2D eigenvalue weighted by molar-refractivity contribution is 5.03. The first-order chi connectivity index (χ1) is 8.91. The van der Waals surface area contributed by atoms with Gasteiger partial charge in [0.1, 0.15) is 0 Å². The van der Waals surface area contributed by atoms with E-state index in [4.69, 9.17) is 10.5 Å². The van der Waals surface area contributed by atoms with Crippen LogP contribution in [0.1, 0.15) is 58.8 Å². The van der Waals surface area contributed by atoms with E-state index in [0.29, 0.717) is 12.0 Å². The average Bonchev–Trinajstić information content (AvgIpc) is 2.32. The second kappa shape index (κ2) is 5.71. The van der Waals surface area contributed by atoms with Gasteiger partial charge in [-0.1, -0.05) is 19.3 Å². The number of rotatable bonds is 2. The molecule has 1 heterocycles. The zero-order valence-electron chi connectivity index (χ0n) is 13.2. The lowest BCUT2D eigenvalue weighted by atomic mass is 9.67. The Bertz CT molecular complexity index is 305. The lowest BCUT2D eigenvalue weighted by Crippen LogP contribution is -2.64. The fraction of sp³-hybridized carbons (Fsp3) is 1.00. The molecule has 3 heteroatoms. The van der Waals surface area contributed by atoms with Gasteiger partial charge in [0.15, 0.2) is 0 Å². The minimum atomic E-state index is 0.00769. The zero-order valence-corrected chi connectivity index (χ0v) is 13.2. The van der Waals surface area contributed by atoms with Crippen molar-refractivity contribution >= 4 is 0 Å². The molecule has 1 saturated heterocycles. The molecule has 112 valence electrons. The molecule has 4 atom stereocenters. The summed E-state index contributed by atoms with van der Waals surface area (Å²) in [4.78, 5) is 2.58. The maximum absolute atomic E-state index is 6.67. The van der Waals surface area contributed by atoms with Gasteiger partial charge in [-0.3, -0.25) is 4.90 Å². The predicted molar refractivity (Wildman–Crippen MR) is 80.2 cm³/mol. The summed E-state index contributed by atoms with van der Waals surface area (Å²) < 4.78 is 5.47. The van der Waals surface area contributed by atoms with Gasteiger partial charge in [-0.05, 0) is 52.5 Å². The number of hydrogen-bond acceptors (Lipinski definition) is 3. The number of nitrogens with two attached hydrogens (primary N) is 1. The summed E-state index contributed by atoms with van der Waals surface area (Å²) in [6.07, 6.45) is 8.92. The normalized spacial score (nSPS) is 45.3. The van der Waals surface area contributed by atoms with Crippen LogP contribution in [0.4, 0.5) is 0 Å². The van der Waals surface area contributed by atoms with Crippen LogP contribution in [-0.2, 0) is 4.74 Å². The van der Waals surface area contributed by atoms with Crippen LogP contribution >= 0.6 is 0 Å². The number of methoxy groups -OCH3 is 1. The van der Waals surface area contributed by atoms with Gasteiger partial charge in [-0.2, -0.15) is 0 Å². The van der Waals surface area contributed by atoms with Crippen molar-refractivity contribution in [2.75, 3.05) is 20.8 Å². The van der Waals surface area contributed by atoms with Gasteiger partial charge in [0.2, 0.25) is 0 Å². The monoisotopic (exact) mass is 268 g/mol. The Morgan fingerprint density at radius 3 is 2.58 bits per heavy atom. The first-order valence-corrected chi connectivity index (χ1v) is 7.91. The molecule has 0 bridgehead atoms. The van der Waals surface area contributed by atoms with E-state index in [1.165, 1.54) is 44.9 Å². The van der Waals surface area contributed by atoms with Crippen LogP contribution in [0.3, 0.4) is 0 Å². The SMILES string of the molecule is COCC1(C)CCC2C(CCCCCC2(C)N)N1C. The summed E-state index contributed by atoms with van der Waals surface area (Å²) in [5.41, 5.74) is 6.86. The third kappa shape index (κ3) is 2.98.